The molecule has 0 unspecified atom stereocenters. The topological polar surface area (TPSA) is 72.3 Å². The second kappa shape index (κ2) is 6.92. The highest BCUT2D eigenvalue weighted by Gasteiger charge is 2.28. The molecule has 6 nitrogen and oxygen atoms in total. The molecule has 0 aliphatic carbocycles. The van der Waals surface area contributed by atoms with Crippen molar-refractivity contribution in [2.24, 2.45) is 0 Å². The van der Waals surface area contributed by atoms with Gasteiger partial charge in [0.05, 0.1) is 16.3 Å². The minimum absolute atomic E-state index is 0.0662. The van der Waals surface area contributed by atoms with Gasteiger partial charge in [0.2, 0.25) is 20.9 Å². The Labute approximate surface area is 153 Å². The molecule has 2 aromatic carbocycles. The molecule has 3 rings (SSSR count). The van der Waals surface area contributed by atoms with E-state index in [-0.39, 0.29) is 17.6 Å². The summed E-state index contributed by atoms with van der Waals surface area (Å²) in [4.78, 5) is 18.6. The van der Waals surface area contributed by atoms with Crippen LogP contribution in [-0.4, -0.2) is 36.2 Å². The number of fused-ring (bicyclic) bond motifs is 1. The van der Waals surface area contributed by atoms with E-state index < -0.39 is 15.1 Å². The van der Waals surface area contributed by atoms with Crippen molar-refractivity contribution >= 4 is 32.5 Å². The maximum absolute atomic E-state index is 12.8. The van der Waals surface area contributed by atoms with E-state index in [1.165, 1.54) is 9.47 Å². The van der Waals surface area contributed by atoms with E-state index in [1.807, 2.05) is 30.3 Å². The molecular formula is C19H21N3O3S. The van der Waals surface area contributed by atoms with Gasteiger partial charge in [0.15, 0.2) is 0 Å². The molecule has 0 fully saturated rings. The van der Waals surface area contributed by atoms with Crippen LogP contribution in [0.5, 0.6) is 0 Å². The van der Waals surface area contributed by atoms with Gasteiger partial charge in [-0.15, -0.1) is 0 Å². The number of sulfone groups is 1. The highest BCUT2D eigenvalue weighted by molar-refractivity contribution is 7.91. The summed E-state index contributed by atoms with van der Waals surface area (Å²) >= 11 is 0. The number of benzene rings is 2. The Bertz CT molecular complexity index is 1040. The largest absolute Gasteiger partial charge is 0.314 e. The fraction of sp³-hybridized carbons (Fsp3) is 0.263. The Morgan fingerprint density at radius 3 is 2.35 bits per heavy atom. The Morgan fingerprint density at radius 1 is 1.08 bits per heavy atom. The van der Waals surface area contributed by atoms with Crippen LogP contribution in [-0.2, 0) is 21.2 Å². The minimum atomic E-state index is -3.62. The third kappa shape index (κ3) is 3.22. The molecule has 7 heteroatoms. The van der Waals surface area contributed by atoms with Crippen LogP contribution >= 0.6 is 0 Å². The average molecular weight is 371 g/mol. The minimum Gasteiger partial charge on any atom is -0.314 e. The normalized spacial score (nSPS) is 11.8. The SMILES string of the molecule is CC(C)S(=O)(=O)c1nc2ccccc2n1CC(=O)N(C)c1ccccc1. The van der Waals surface area contributed by atoms with E-state index >= 15 is 0 Å². The summed E-state index contributed by atoms with van der Waals surface area (Å²) in [6.45, 7) is 3.11. The molecule has 1 amide bonds. The van der Waals surface area contributed by atoms with Gasteiger partial charge in [-0.3, -0.25) is 4.79 Å². The van der Waals surface area contributed by atoms with Crippen LogP contribution in [0.3, 0.4) is 0 Å². The monoisotopic (exact) mass is 371 g/mol. The van der Waals surface area contributed by atoms with E-state index in [4.69, 9.17) is 0 Å². The zero-order valence-corrected chi connectivity index (χ0v) is 15.8. The Hall–Kier alpha value is -2.67. The Kier molecular flexibility index (Phi) is 4.82. The predicted molar refractivity (Wildman–Crippen MR) is 102 cm³/mol. The lowest BCUT2D eigenvalue weighted by Crippen LogP contribution is -2.31. The third-order valence-corrected chi connectivity index (χ3v) is 6.37. The third-order valence-electron chi connectivity index (χ3n) is 4.31. The van der Waals surface area contributed by atoms with E-state index in [2.05, 4.69) is 4.98 Å². The van der Waals surface area contributed by atoms with E-state index in [1.54, 1.807) is 45.2 Å². The van der Waals surface area contributed by atoms with Crippen molar-refractivity contribution in [3.8, 4) is 0 Å². The molecule has 0 N–H and O–H groups in total. The molecule has 26 heavy (non-hydrogen) atoms. The summed E-state index contributed by atoms with van der Waals surface area (Å²) in [6.07, 6.45) is 0. The van der Waals surface area contributed by atoms with Gasteiger partial charge in [-0.05, 0) is 38.1 Å². The van der Waals surface area contributed by atoms with Gasteiger partial charge in [-0.25, -0.2) is 13.4 Å². The first-order valence-electron chi connectivity index (χ1n) is 8.33. The van der Waals surface area contributed by atoms with Crippen LogP contribution in [0.4, 0.5) is 5.69 Å². The highest BCUT2D eigenvalue weighted by Crippen LogP contribution is 2.23. The number of nitrogens with zero attached hydrogens (tertiary/aromatic N) is 3. The molecule has 0 saturated carbocycles. The van der Waals surface area contributed by atoms with Crippen molar-refractivity contribution in [3.05, 3.63) is 54.6 Å². The number of hydrogen-bond acceptors (Lipinski definition) is 4. The first kappa shape index (κ1) is 18.1. The van der Waals surface area contributed by atoms with Crippen molar-refractivity contribution < 1.29 is 13.2 Å². The summed E-state index contributed by atoms with van der Waals surface area (Å²) in [7, 11) is -1.95. The molecule has 1 heterocycles. The number of imidazole rings is 1. The number of amides is 1. The molecule has 3 aromatic rings. The smallest absolute Gasteiger partial charge is 0.246 e. The standard InChI is InChI=1S/C19H21N3O3S/c1-14(2)26(24,25)19-20-16-11-7-8-12-17(16)22(19)13-18(23)21(3)15-9-5-4-6-10-15/h4-12,14H,13H2,1-3H3. The lowest BCUT2D eigenvalue weighted by atomic mass is 10.3. The Balaban J connectivity index is 2.05. The zero-order chi connectivity index (χ0) is 18.9. The summed E-state index contributed by atoms with van der Waals surface area (Å²) in [5.41, 5.74) is 1.93. The first-order chi connectivity index (χ1) is 12.3. The molecule has 136 valence electrons. The van der Waals surface area contributed by atoms with Crippen molar-refractivity contribution in [2.75, 3.05) is 11.9 Å². The fourth-order valence-corrected chi connectivity index (χ4v) is 3.79. The highest BCUT2D eigenvalue weighted by atomic mass is 32.2. The first-order valence-corrected chi connectivity index (χ1v) is 9.87. The van der Waals surface area contributed by atoms with Crippen LogP contribution in [0.25, 0.3) is 11.0 Å². The molecule has 0 aliphatic rings. The number of anilines is 1. The zero-order valence-electron chi connectivity index (χ0n) is 15.0. The number of aromatic nitrogens is 2. The molecule has 0 bridgehead atoms. The van der Waals surface area contributed by atoms with Crippen LogP contribution in [0.2, 0.25) is 0 Å². The van der Waals surface area contributed by atoms with Crippen molar-refractivity contribution in [3.63, 3.8) is 0 Å². The molecule has 0 aliphatic heterocycles. The lowest BCUT2D eigenvalue weighted by molar-refractivity contribution is -0.118. The van der Waals surface area contributed by atoms with Crippen LogP contribution in [0.1, 0.15) is 13.8 Å². The van der Waals surface area contributed by atoms with E-state index in [0.717, 1.165) is 5.69 Å². The summed E-state index contributed by atoms with van der Waals surface area (Å²) in [6, 6.07) is 16.3. The number of carbonyl (C=O) groups excluding carboxylic acids is 1. The van der Waals surface area contributed by atoms with Gasteiger partial charge >= 0.3 is 0 Å². The van der Waals surface area contributed by atoms with Gasteiger partial charge in [0.1, 0.15) is 6.54 Å². The molecular weight excluding hydrogens is 350 g/mol. The van der Waals surface area contributed by atoms with Crippen molar-refractivity contribution in [2.45, 2.75) is 30.8 Å². The van der Waals surface area contributed by atoms with Gasteiger partial charge in [0.25, 0.3) is 0 Å². The van der Waals surface area contributed by atoms with Crippen LogP contribution < -0.4 is 4.90 Å². The van der Waals surface area contributed by atoms with Gasteiger partial charge < -0.3 is 9.47 Å². The van der Waals surface area contributed by atoms with E-state index in [9.17, 15) is 13.2 Å². The van der Waals surface area contributed by atoms with E-state index in [0.29, 0.717) is 11.0 Å². The average Bonchev–Trinajstić information content (AvgIpc) is 3.01. The maximum atomic E-state index is 12.8. The quantitative estimate of drug-likeness (QED) is 0.691. The second-order valence-electron chi connectivity index (χ2n) is 6.35. The molecule has 0 saturated heterocycles. The van der Waals surface area contributed by atoms with Gasteiger partial charge in [-0.2, -0.15) is 0 Å². The summed E-state index contributed by atoms with van der Waals surface area (Å²) in [5.74, 6) is -0.223. The van der Waals surface area contributed by atoms with Crippen LogP contribution in [0.15, 0.2) is 59.8 Å². The fourth-order valence-electron chi connectivity index (χ4n) is 2.67. The van der Waals surface area contributed by atoms with Crippen LogP contribution in [0, 0.1) is 0 Å². The maximum Gasteiger partial charge on any atom is 0.246 e. The van der Waals surface area contributed by atoms with Crippen molar-refractivity contribution in [1.29, 1.82) is 0 Å². The predicted octanol–water partition coefficient (Wildman–Crippen LogP) is 2.88. The molecule has 0 atom stereocenters. The second-order valence-corrected chi connectivity index (χ2v) is 8.75. The van der Waals surface area contributed by atoms with Gasteiger partial charge in [-0.1, -0.05) is 30.3 Å². The lowest BCUT2D eigenvalue weighted by Gasteiger charge is -2.19. The molecule has 0 spiro atoms. The molecule has 1 aromatic heterocycles. The number of para-hydroxylation sites is 3. The summed E-state index contributed by atoms with van der Waals surface area (Å²) < 4.78 is 27.0. The molecule has 0 radical (unpaired) electrons. The summed E-state index contributed by atoms with van der Waals surface area (Å²) in [5, 5.41) is -0.691. The number of rotatable bonds is 5. The number of carbonyl (C=O) groups is 1. The van der Waals surface area contributed by atoms with Gasteiger partial charge in [0, 0.05) is 12.7 Å². The van der Waals surface area contributed by atoms with Crippen molar-refractivity contribution in [1.82, 2.24) is 9.55 Å². The number of likely N-dealkylation sites (N-methyl/N-ethyl adjacent to an activating group) is 1. The Morgan fingerprint density at radius 2 is 1.69 bits per heavy atom. The number of hydrogen-bond donors (Lipinski definition) is 0.